The molecule has 1 amide bonds. The first-order valence-corrected chi connectivity index (χ1v) is 12.3. The number of ether oxygens (including phenoxy) is 1. The fourth-order valence-electron chi connectivity index (χ4n) is 3.99. The molecule has 0 radical (unpaired) electrons. The number of fused-ring (bicyclic) bond motifs is 1. The average molecular weight is 504 g/mol. The van der Waals surface area contributed by atoms with Crippen LogP contribution in [-0.2, 0) is 11.2 Å². The summed E-state index contributed by atoms with van der Waals surface area (Å²) in [5.74, 6) is 1.13. The molecule has 1 atom stereocenters. The predicted molar refractivity (Wildman–Crippen MR) is 138 cm³/mol. The molecular formula is C27H22ClN3O3S. The van der Waals surface area contributed by atoms with E-state index in [4.69, 9.17) is 16.3 Å². The Morgan fingerprint density at radius 3 is 2.83 bits per heavy atom. The summed E-state index contributed by atoms with van der Waals surface area (Å²) < 4.78 is 7.92. The molecule has 1 aliphatic heterocycles. The highest BCUT2D eigenvalue weighted by atomic mass is 35.5. The molecule has 0 spiro atoms. The number of halogens is 1. The van der Waals surface area contributed by atoms with Crippen LogP contribution in [0.25, 0.3) is 22.2 Å². The third kappa shape index (κ3) is 5.06. The van der Waals surface area contributed by atoms with E-state index in [9.17, 15) is 9.59 Å². The highest BCUT2D eigenvalue weighted by Gasteiger charge is 2.26. The topological polar surface area (TPSA) is 73.2 Å². The van der Waals surface area contributed by atoms with E-state index in [0.717, 1.165) is 21.7 Å². The lowest BCUT2D eigenvalue weighted by Crippen LogP contribution is -2.33. The number of imidazole rings is 1. The van der Waals surface area contributed by atoms with Crippen LogP contribution in [0.15, 0.2) is 73.1 Å². The summed E-state index contributed by atoms with van der Waals surface area (Å²) in [6.45, 7) is 1.91. The monoisotopic (exact) mass is 503 g/mol. The van der Waals surface area contributed by atoms with Gasteiger partial charge in [0.1, 0.15) is 17.7 Å². The number of rotatable bonds is 7. The van der Waals surface area contributed by atoms with E-state index < -0.39 is 0 Å². The van der Waals surface area contributed by atoms with Crippen LogP contribution in [0.4, 0.5) is 0 Å². The van der Waals surface area contributed by atoms with Crippen molar-refractivity contribution in [2.75, 3.05) is 6.54 Å². The van der Waals surface area contributed by atoms with E-state index in [0.29, 0.717) is 34.4 Å². The van der Waals surface area contributed by atoms with Gasteiger partial charge in [0.25, 0.3) is 0 Å². The van der Waals surface area contributed by atoms with Crippen molar-refractivity contribution in [3.05, 3.63) is 94.4 Å². The Hall–Kier alpha value is -3.68. The van der Waals surface area contributed by atoms with Crippen LogP contribution in [-0.4, -0.2) is 33.9 Å². The van der Waals surface area contributed by atoms with E-state index in [-0.39, 0.29) is 17.8 Å². The summed E-state index contributed by atoms with van der Waals surface area (Å²) in [4.78, 5) is 30.1. The van der Waals surface area contributed by atoms with Gasteiger partial charge in [0.15, 0.2) is 5.78 Å². The first kappa shape index (κ1) is 23.1. The van der Waals surface area contributed by atoms with Gasteiger partial charge < -0.3 is 14.6 Å². The summed E-state index contributed by atoms with van der Waals surface area (Å²) in [6.07, 6.45) is 7.13. The predicted octanol–water partition coefficient (Wildman–Crippen LogP) is 5.59. The van der Waals surface area contributed by atoms with Crippen LogP contribution >= 0.6 is 22.9 Å². The van der Waals surface area contributed by atoms with Crippen molar-refractivity contribution in [1.82, 2.24) is 14.9 Å². The van der Waals surface area contributed by atoms with Gasteiger partial charge in [-0.2, -0.15) is 0 Å². The van der Waals surface area contributed by atoms with Gasteiger partial charge in [-0.25, -0.2) is 4.98 Å². The second kappa shape index (κ2) is 9.90. The minimum Gasteiger partial charge on any atom is -0.486 e. The molecule has 0 bridgehead atoms. The number of nitrogens with one attached hydrogen (secondary N) is 1. The summed E-state index contributed by atoms with van der Waals surface area (Å²) in [5, 5.41) is 3.42. The number of carbonyl (C=O) groups is 2. The fraction of sp³-hybridized carbons (Fsp3) is 0.148. The molecule has 4 aromatic rings. The zero-order valence-electron chi connectivity index (χ0n) is 18.9. The summed E-state index contributed by atoms with van der Waals surface area (Å²) in [7, 11) is 0. The maximum absolute atomic E-state index is 12.4. The van der Waals surface area contributed by atoms with Gasteiger partial charge in [0.2, 0.25) is 5.91 Å². The number of aromatic nitrogens is 2. The summed E-state index contributed by atoms with van der Waals surface area (Å²) in [5.41, 5.74) is 2.92. The maximum atomic E-state index is 12.4. The smallest absolute Gasteiger partial charge is 0.244 e. The molecular weight excluding hydrogens is 482 g/mol. The van der Waals surface area contributed by atoms with Crippen LogP contribution in [0.5, 0.6) is 5.75 Å². The molecule has 0 aliphatic carbocycles. The minimum atomic E-state index is -0.227. The Bertz CT molecular complexity index is 1420. The molecule has 0 saturated heterocycles. The third-order valence-corrected chi connectivity index (χ3v) is 7.20. The molecule has 5 rings (SSSR count). The van der Waals surface area contributed by atoms with Crippen molar-refractivity contribution in [2.45, 2.75) is 19.4 Å². The van der Waals surface area contributed by atoms with Gasteiger partial charge in [-0.1, -0.05) is 29.8 Å². The second-order valence-electron chi connectivity index (χ2n) is 8.18. The zero-order valence-corrected chi connectivity index (χ0v) is 20.5. The number of benzene rings is 2. The molecule has 2 aromatic heterocycles. The van der Waals surface area contributed by atoms with Crippen molar-refractivity contribution in [3.63, 3.8) is 0 Å². The van der Waals surface area contributed by atoms with Gasteiger partial charge in [-0.05, 0) is 55.0 Å². The van der Waals surface area contributed by atoms with Crippen molar-refractivity contribution in [2.24, 2.45) is 0 Å². The number of hydrogen-bond acceptors (Lipinski definition) is 5. The lowest BCUT2D eigenvalue weighted by atomic mass is 10.1. The van der Waals surface area contributed by atoms with Gasteiger partial charge in [-0.15, -0.1) is 11.3 Å². The third-order valence-electron chi connectivity index (χ3n) is 5.68. The van der Waals surface area contributed by atoms with Crippen LogP contribution in [0.2, 0.25) is 5.02 Å². The van der Waals surface area contributed by atoms with Crippen LogP contribution in [0.1, 0.15) is 28.0 Å². The van der Waals surface area contributed by atoms with E-state index in [1.54, 1.807) is 19.2 Å². The van der Waals surface area contributed by atoms with Gasteiger partial charge in [0.05, 0.1) is 16.4 Å². The Labute approximate surface area is 211 Å². The van der Waals surface area contributed by atoms with Crippen molar-refractivity contribution in [1.29, 1.82) is 0 Å². The van der Waals surface area contributed by atoms with Crippen molar-refractivity contribution >= 4 is 40.7 Å². The van der Waals surface area contributed by atoms with Gasteiger partial charge in [0, 0.05) is 41.0 Å². The number of para-hydroxylation sites is 1. The van der Waals surface area contributed by atoms with Gasteiger partial charge >= 0.3 is 0 Å². The Balaban J connectivity index is 1.21. The number of thiophene rings is 1. The zero-order chi connectivity index (χ0) is 24.4. The molecule has 3 heterocycles. The van der Waals surface area contributed by atoms with Crippen molar-refractivity contribution < 1.29 is 14.3 Å². The molecule has 2 aromatic carbocycles. The standard InChI is InChI=1S/C27H22ClN3O3S/c1-17(32)23-7-8-24(35-23)18-13-19-14-21(34-27(19)22(28)15-18)16-30-26(33)10-9-25-29-11-12-31(25)20-5-3-2-4-6-20/h2-13,15,21H,14,16H2,1H3,(H,30,33). The Morgan fingerprint density at radius 2 is 2.06 bits per heavy atom. The largest absolute Gasteiger partial charge is 0.486 e. The highest BCUT2D eigenvalue weighted by Crippen LogP contribution is 2.41. The van der Waals surface area contributed by atoms with Crippen LogP contribution < -0.4 is 10.1 Å². The number of nitrogens with zero attached hydrogens (tertiary/aromatic N) is 2. The molecule has 176 valence electrons. The minimum absolute atomic E-state index is 0.0470. The Kier molecular flexibility index (Phi) is 6.53. The number of amides is 1. The van der Waals surface area contributed by atoms with E-state index in [1.807, 2.05) is 65.4 Å². The first-order valence-electron chi connectivity index (χ1n) is 11.1. The normalized spacial score (nSPS) is 14.6. The molecule has 35 heavy (non-hydrogen) atoms. The molecule has 0 saturated carbocycles. The van der Waals surface area contributed by atoms with Crippen LogP contribution in [0, 0.1) is 0 Å². The summed E-state index contributed by atoms with van der Waals surface area (Å²) >= 11 is 7.95. The van der Waals surface area contributed by atoms with Crippen molar-refractivity contribution in [3.8, 4) is 21.9 Å². The average Bonchev–Trinajstić information content (AvgIpc) is 3.61. The number of ketones is 1. The molecule has 6 nitrogen and oxygen atoms in total. The first-order chi connectivity index (χ1) is 17.0. The lowest BCUT2D eigenvalue weighted by molar-refractivity contribution is -0.116. The quantitative estimate of drug-likeness (QED) is 0.263. The maximum Gasteiger partial charge on any atom is 0.244 e. The van der Waals surface area contributed by atoms with E-state index in [2.05, 4.69) is 10.3 Å². The number of hydrogen-bond donors (Lipinski definition) is 1. The second-order valence-corrected chi connectivity index (χ2v) is 9.67. The van der Waals surface area contributed by atoms with Gasteiger partial charge in [-0.3, -0.25) is 9.59 Å². The fourth-order valence-corrected chi connectivity index (χ4v) is 5.17. The molecule has 1 unspecified atom stereocenters. The molecule has 8 heteroatoms. The van der Waals surface area contributed by atoms with E-state index in [1.165, 1.54) is 17.4 Å². The number of Topliss-reactive ketones (excluding diaryl/α,β-unsaturated/α-hetero) is 1. The Morgan fingerprint density at radius 1 is 1.23 bits per heavy atom. The van der Waals surface area contributed by atoms with E-state index >= 15 is 0 Å². The summed E-state index contributed by atoms with van der Waals surface area (Å²) in [6, 6.07) is 17.5. The highest BCUT2D eigenvalue weighted by molar-refractivity contribution is 7.17. The molecule has 1 N–H and O–H groups in total. The molecule has 0 fully saturated rings. The van der Waals surface area contributed by atoms with Crippen LogP contribution in [0.3, 0.4) is 0 Å². The SMILES string of the molecule is CC(=O)c1ccc(-c2cc(Cl)c3c(c2)CC(CNC(=O)C=Cc2nccn2-c2ccccc2)O3)s1. The lowest BCUT2D eigenvalue weighted by Gasteiger charge is -2.11. The molecule has 1 aliphatic rings. The number of carbonyl (C=O) groups excluding carboxylic acids is 2.